The Morgan fingerprint density at radius 3 is 2.31 bits per heavy atom. The number of aryl methyl sites for hydroxylation is 1. The van der Waals surface area contributed by atoms with Crippen molar-refractivity contribution in [3.63, 3.8) is 0 Å². The third-order valence-corrected chi connectivity index (χ3v) is 7.31. The van der Waals surface area contributed by atoms with Crippen molar-refractivity contribution in [2.75, 3.05) is 11.5 Å². The molecule has 3 aromatic carbocycles. The summed E-state index contributed by atoms with van der Waals surface area (Å²) in [4.78, 5) is 39.7. The van der Waals surface area contributed by atoms with Crippen molar-refractivity contribution >= 4 is 61.5 Å². The minimum atomic E-state index is -0.761. The maximum absolute atomic E-state index is 13.4. The molecule has 3 aromatic rings. The molecule has 0 saturated carbocycles. The number of rotatable bonds is 7. The summed E-state index contributed by atoms with van der Waals surface area (Å²) in [7, 11) is 0. The van der Waals surface area contributed by atoms with Crippen molar-refractivity contribution in [3.8, 4) is 5.75 Å². The Kier molecular flexibility index (Phi) is 8.06. The summed E-state index contributed by atoms with van der Waals surface area (Å²) >= 11 is 7.24. The van der Waals surface area contributed by atoms with Gasteiger partial charge in [0.15, 0.2) is 0 Å². The van der Waals surface area contributed by atoms with Crippen LogP contribution in [-0.4, -0.2) is 24.5 Å². The number of ether oxygens (including phenoxy) is 1. The highest BCUT2D eigenvalue weighted by Gasteiger charge is 2.37. The van der Waals surface area contributed by atoms with Crippen LogP contribution in [-0.2, 0) is 22.4 Å². The lowest BCUT2D eigenvalue weighted by Crippen LogP contribution is -2.54. The third-order valence-electron chi connectivity index (χ3n) is 5.83. The number of amides is 4. The van der Waals surface area contributed by atoms with Crippen LogP contribution in [0, 0.1) is 0 Å². The molecule has 1 heterocycles. The molecule has 0 spiro atoms. The van der Waals surface area contributed by atoms with Gasteiger partial charge < -0.3 is 4.74 Å². The normalized spacial score (nSPS) is 14.8. The fourth-order valence-corrected chi connectivity index (χ4v) is 5.10. The summed E-state index contributed by atoms with van der Waals surface area (Å²) in [6.07, 6.45) is 2.73. The van der Waals surface area contributed by atoms with Crippen LogP contribution < -0.4 is 15.0 Å². The topological polar surface area (TPSA) is 75.7 Å². The Balaban J connectivity index is 1.74. The van der Waals surface area contributed by atoms with Gasteiger partial charge in [-0.25, -0.2) is 9.69 Å². The second-order valence-corrected chi connectivity index (χ2v) is 9.83. The summed E-state index contributed by atoms with van der Waals surface area (Å²) in [6.45, 7) is 4.29. The van der Waals surface area contributed by atoms with E-state index in [9.17, 15) is 14.4 Å². The van der Waals surface area contributed by atoms with Gasteiger partial charge in [-0.1, -0.05) is 75.2 Å². The van der Waals surface area contributed by atoms with E-state index in [2.05, 4.69) is 37.2 Å². The average Bonchev–Trinajstić information content (AvgIpc) is 2.85. The number of benzene rings is 3. The number of hydrogen-bond acceptors (Lipinski definition) is 4. The maximum atomic E-state index is 13.4. The lowest BCUT2D eigenvalue weighted by atomic mass is 10.00. The Hall–Kier alpha value is -3.23. The number of carbonyl (C=O) groups excluding carboxylic acids is 3. The van der Waals surface area contributed by atoms with Gasteiger partial charge in [0, 0.05) is 20.9 Å². The number of barbiturate groups is 1. The van der Waals surface area contributed by atoms with E-state index in [4.69, 9.17) is 4.74 Å². The Bertz CT molecular complexity index is 1380. The molecule has 0 aliphatic carbocycles. The predicted molar refractivity (Wildman–Crippen MR) is 147 cm³/mol. The van der Waals surface area contributed by atoms with Crippen LogP contribution in [0.1, 0.15) is 36.1 Å². The van der Waals surface area contributed by atoms with E-state index in [1.54, 1.807) is 18.2 Å². The molecule has 1 N–H and O–H groups in total. The number of carbonyl (C=O) groups is 3. The van der Waals surface area contributed by atoms with Gasteiger partial charge >= 0.3 is 6.03 Å². The van der Waals surface area contributed by atoms with Crippen LogP contribution in [0.15, 0.2) is 75.2 Å². The molecule has 8 heteroatoms. The maximum Gasteiger partial charge on any atom is 0.335 e. The highest BCUT2D eigenvalue weighted by atomic mass is 79.9. The number of nitrogens with one attached hydrogen (secondary N) is 1. The molecule has 1 saturated heterocycles. The lowest BCUT2D eigenvalue weighted by Gasteiger charge is -2.28. The highest BCUT2D eigenvalue weighted by molar-refractivity contribution is 9.10. The molecule has 184 valence electrons. The number of hydrogen-bond donors (Lipinski definition) is 1. The smallest absolute Gasteiger partial charge is 0.335 e. The fourth-order valence-electron chi connectivity index (χ4n) is 4.07. The summed E-state index contributed by atoms with van der Waals surface area (Å²) < 4.78 is 7.70. The van der Waals surface area contributed by atoms with Crippen molar-refractivity contribution in [2.45, 2.75) is 26.7 Å². The Labute approximate surface area is 226 Å². The van der Waals surface area contributed by atoms with E-state index in [0.717, 1.165) is 30.5 Å². The second-order valence-electron chi connectivity index (χ2n) is 8.12. The van der Waals surface area contributed by atoms with Crippen LogP contribution in [0.3, 0.4) is 0 Å². The number of halogens is 2. The van der Waals surface area contributed by atoms with E-state index >= 15 is 0 Å². The number of nitrogens with zero attached hydrogens (tertiary/aromatic N) is 1. The number of imide groups is 2. The third kappa shape index (κ3) is 5.29. The molecule has 4 rings (SSSR count). The first kappa shape index (κ1) is 25.9. The molecule has 36 heavy (non-hydrogen) atoms. The zero-order valence-corrected chi connectivity index (χ0v) is 23.0. The first-order valence-corrected chi connectivity index (χ1v) is 13.1. The molecule has 0 unspecified atom stereocenters. The van der Waals surface area contributed by atoms with Crippen molar-refractivity contribution in [1.29, 1.82) is 0 Å². The predicted octanol–water partition coefficient (Wildman–Crippen LogP) is 6.43. The number of anilines is 1. The first-order valence-electron chi connectivity index (χ1n) is 11.5. The van der Waals surface area contributed by atoms with Gasteiger partial charge in [0.1, 0.15) is 11.3 Å². The van der Waals surface area contributed by atoms with E-state index in [1.165, 1.54) is 6.08 Å². The van der Waals surface area contributed by atoms with Crippen LogP contribution in [0.4, 0.5) is 10.5 Å². The molecule has 0 bridgehead atoms. The van der Waals surface area contributed by atoms with E-state index in [1.807, 2.05) is 56.3 Å². The fraction of sp³-hybridized carbons (Fsp3) is 0.179. The molecule has 1 fully saturated rings. The Morgan fingerprint density at radius 1 is 0.917 bits per heavy atom. The molecule has 1 aliphatic heterocycles. The summed E-state index contributed by atoms with van der Waals surface area (Å²) in [5, 5.41) is 2.30. The largest absolute Gasteiger partial charge is 0.494 e. The van der Waals surface area contributed by atoms with Crippen molar-refractivity contribution in [3.05, 3.63) is 97.4 Å². The van der Waals surface area contributed by atoms with E-state index < -0.39 is 17.8 Å². The van der Waals surface area contributed by atoms with E-state index in [0.29, 0.717) is 36.4 Å². The van der Waals surface area contributed by atoms with Crippen molar-refractivity contribution in [1.82, 2.24) is 5.32 Å². The average molecular weight is 612 g/mol. The molecular weight excluding hydrogens is 588 g/mol. The minimum absolute atomic E-state index is 0.131. The number of para-hydroxylation sites is 1. The van der Waals surface area contributed by atoms with Crippen LogP contribution in [0.2, 0.25) is 0 Å². The summed E-state index contributed by atoms with van der Waals surface area (Å²) in [6, 6.07) is 18.0. The standard InChI is InChI=1S/C28H24Br2N2O4/c1-3-18-9-6-8-12-24(18)32-27(34)21(26(33)31-28(32)35)13-17-14-23(30)20(25(15-17)36-4-2)16-19-10-5-7-11-22(19)29/h5-15H,3-4,16H2,1-2H3,(H,31,33,35)/b21-13-. The molecule has 0 atom stereocenters. The van der Waals surface area contributed by atoms with Crippen LogP contribution >= 0.6 is 31.9 Å². The van der Waals surface area contributed by atoms with Gasteiger partial charge in [0.25, 0.3) is 11.8 Å². The molecule has 0 aromatic heterocycles. The molecule has 1 aliphatic rings. The van der Waals surface area contributed by atoms with Gasteiger partial charge in [-0.05, 0) is 60.4 Å². The second kappa shape index (κ2) is 11.2. The zero-order chi connectivity index (χ0) is 25.8. The van der Waals surface area contributed by atoms with Crippen LogP contribution in [0.25, 0.3) is 6.08 Å². The molecule has 0 radical (unpaired) electrons. The minimum Gasteiger partial charge on any atom is -0.494 e. The monoisotopic (exact) mass is 610 g/mol. The summed E-state index contributed by atoms with van der Waals surface area (Å²) in [5.41, 5.74) is 3.79. The van der Waals surface area contributed by atoms with Gasteiger partial charge in [-0.15, -0.1) is 0 Å². The molecule has 4 amide bonds. The van der Waals surface area contributed by atoms with Gasteiger partial charge in [-0.2, -0.15) is 0 Å². The van der Waals surface area contributed by atoms with Gasteiger partial charge in [0.05, 0.1) is 12.3 Å². The van der Waals surface area contributed by atoms with Gasteiger partial charge in [0.2, 0.25) is 0 Å². The SMILES string of the molecule is CCOc1cc(/C=C2/C(=O)NC(=O)N(c3ccccc3CC)C2=O)cc(Br)c1Cc1ccccc1Br. The quantitative estimate of drug-likeness (QED) is 0.247. The number of urea groups is 1. The van der Waals surface area contributed by atoms with Crippen LogP contribution in [0.5, 0.6) is 5.75 Å². The molecule has 6 nitrogen and oxygen atoms in total. The highest BCUT2D eigenvalue weighted by Crippen LogP contribution is 2.34. The molecular formula is C28H24Br2N2O4. The Morgan fingerprint density at radius 2 is 1.61 bits per heavy atom. The van der Waals surface area contributed by atoms with E-state index in [-0.39, 0.29) is 5.57 Å². The first-order chi connectivity index (χ1) is 17.3. The van der Waals surface area contributed by atoms with Gasteiger partial charge in [-0.3, -0.25) is 14.9 Å². The summed E-state index contributed by atoms with van der Waals surface area (Å²) in [5.74, 6) is -0.764. The lowest BCUT2D eigenvalue weighted by molar-refractivity contribution is -0.122. The van der Waals surface area contributed by atoms with Crippen molar-refractivity contribution < 1.29 is 19.1 Å². The zero-order valence-electron chi connectivity index (χ0n) is 19.8. The van der Waals surface area contributed by atoms with Crippen molar-refractivity contribution in [2.24, 2.45) is 0 Å².